The van der Waals surface area contributed by atoms with Gasteiger partial charge in [0.15, 0.2) is 0 Å². The molecule has 8 heteroatoms. The SMILES string of the molecule is CCCC1(C2CCN(C(=O)Cc3ccc(SC)cc3)CC2)NC(=O)N(CC2CCCO2)C1=O. The summed E-state index contributed by atoms with van der Waals surface area (Å²) >= 11 is 1.69. The predicted molar refractivity (Wildman–Crippen MR) is 128 cm³/mol. The maximum absolute atomic E-state index is 13.5. The van der Waals surface area contributed by atoms with Crippen LogP contribution in [0.4, 0.5) is 4.79 Å². The summed E-state index contributed by atoms with van der Waals surface area (Å²) in [6, 6.07) is 7.83. The molecule has 4 amide bonds. The van der Waals surface area contributed by atoms with Crippen LogP contribution >= 0.6 is 11.8 Å². The van der Waals surface area contributed by atoms with Crippen molar-refractivity contribution in [3.63, 3.8) is 0 Å². The zero-order valence-corrected chi connectivity index (χ0v) is 20.5. The number of amides is 4. The largest absolute Gasteiger partial charge is 0.376 e. The second-order valence-electron chi connectivity index (χ2n) is 9.38. The molecule has 3 fully saturated rings. The number of nitrogens with zero attached hydrogens (tertiary/aromatic N) is 2. The Morgan fingerprint density at radius 2 is 1.91 bits per heavy atom. The van der Waals surface area contributed by atoms with E-state index in [9.17, 15) is 14.4 Å². The molecule has 3 aliphatic heterocycles. The molecular weight excluding hydrogens is 438 g/mol. The second kappa shape index (κ2) is 10.5. The lowest BCUT2D eigenvalue weighted by molar-refractivity contribution is -0.136. The Morgan fingerprint density at radius 3 is 2.52 bits per heavy atom. The number of urea groups is 1. The van der Waals surface area contributed by atoms with E-state index < -0.39 is 5.54 Å². The average Bonchev–Trinajstić information content (AvgIpc) is 3.43. The molecule has 0 radical (unpaired) electrons. The van der Waals surface area contributed by atoms with Gasteiger partial charge in [0.25, 0.3) is 5.91 Å². The monoisotopic (exact) mass is 473 g/mol. The number of hydrogen-bond donors (Lipinski definition) is 1. The van der Waals surface area contributed by atoms with Gasteiger partial charge in [-0.2, -0.15) is 0 Å². The van der Waals surface area contributed by atoms with Crippen molar-refractivity contribution in [2.24, 2.45) is 5.92 Å². The zero-order valence-electron chi connectivity index (χ0n) is 19.7. The van der Waals surface area contributed by atoms with Crippen molar-refractivity contribution in [2.45, 2.75) is 68.4 Å². The molecule has 1 N–H and O–H groups in total. The van der Waals surface area contributed by atoms with Gasteiger partial charge >= 0.3 is 6.03 Å². The molecule has 2 unspecified atom stereocenters. The predicted octanol–water partition coefficient (Wildman–Crippen LogP) is 3.46. The Bertz CT molecular complexity index is 863. The molecule has 0 aromatic heterocycles. The summed E-state index contributed by atoms with van der Waals surface area (Å²) in [6.45, 7) is 4.32. The summed E-state index contributed by atoms with van der Waals surface area (Å²) in [5, 5.41) is 3.08. The number of rotatable bonds is 8. The van der Waals surface area contributed by atoms with E-state index in [4.69, 9.17) is 4.74 Å². The van der Waals surface area contributed by atoms with Gasteiger partial charge in [0.05, 0.1) is 19.1 Å². The minimum atomic E-state index is -0.854. The number of hydrogen-bond acceptors (Lipinski definition) is 5. The van der Waals surface area contributed by atoms with Crippen LogP contribution in [0.5, 0.6) is 0 Å². The van der Waals surface area contributed by atoms with E-state index in [0.29, 0.717) is 39.1 Å². The van der Waals surface area contributed by atoms with Crippen LogP contribution in [0.3, 0.4) is 0 Å². The molecule has 0 saturated carbocycles. The van der Waals surface area contributed by atoms with Crippen molar-refractivity contribution in [3.8, 4) is 0 Å². The van der Waals surface area contributed by atoms with Crippen LogP contribution in [0.15, 0.2) is 29.2 Å². The topological polar surface area (TPSA) is 79.0 Å². The number of nitrogens with one attached hydrogen (secondary N) is 1. The molecule has 2 atom stereocenters. The fourth-order valence-electron chi connectivity index (χ4n) is 5.50. The van der Waals surface area contributed by atoms with E-state index >= 15 is 0 Å². The third-order valence-electron chi connectivity index (χ3n) is 7.32. The summed E-state index contributed by atoms with van der Waals surface area (Å²) in [4.78, 5) is 43.7. The third-order valence-corrected chi connectivity index (χ3v) is 8.06. The van der Waals surface area contributed by atoms with Crippen molar-refractivity contribution in [1.82, 2.24) is 15.1 Å². The highest BCUT2D eigenvalue weighted by atomic mass is 32.2. The van der Waals surface area contributed by atoms with E-state index in [1.165, 1.54) is 9.80 Å². The molecule has 0 spiro atoms. The molecule has 0 bridgehead atoms. The Hall–Kier alpha value is -2.06. The van der Waals surface area contributed by atoms with Crippen LogP contribution in [0.1, 0.15) is 51.0 Å². The van der Waals surface area contributed by atoms with Crippen molar-refractivity contribution in [1.29, 1.82) is 0 Å². The van der Waals surface area contributed by atoms with Crippen LogP contribution in [-0.4, -0.2) is 71.8 Å². The number of likely N-dealkylation sites (tertiary alicyclic amines) is 1. The zero-order chi connectivity index (χ0) is 23.4. The second-order valence-corrected chi connectivity index (χ2v) is 10.3. The summed E-state index contributed by atoms with van der Waals surface area (Å²) in [7, 11) is 0. The smallest absolute Gasteiger partial charge is 0.325 e. The molecule has 33 heavy (non-hydrogen) atoms. The summed E-state index contributed by atoms with van der Waals surface area (Å²) in [5.74, 6) is 0.0495. The number of piperidine rings is 1. The number of thioether (sulfide) groups is 1. The van der Waals surface area contributed by atoms with Crippen LogP contribution in [-0.2, 0) is 20.7 Å². The first-order valence-corrected chi connectivity index (χ1v) is 13.4. The minimum Gasteiger partial charge on any atom is -0.376 e. The molecule has 0 aliphatic carbocycles. The van der Waals surface area contributed by atoms with Crippen molar-refractivity contribution in [2.75, 3.05) is 32.5 Å². The minimum absolute atomic E-state index is 0.0355. The van der Waals surface area contributed by atoms with Crippen LogP contribution in [0.25, 0.3) is 0 Å². The van der Waals surface area contributed by atoms with Gasteiger partial charge in [0.2, 0.25) is 5.91 Å². The molecular formula is C25H35N3O4S. The fourth-order valence-corrected chi connectivity index (χ4v) is 5.91. The average molecular weight is 474 g/mol. The highest BCUT2D eigenvalue weighted by molar-refractivity contribution is 7.98. The molecule has 7 nitrogen and oxygen atoms in total. The fraction of sp³-hybridized carbons (Fsp3) is 0.640. The first kappa shape index (κ1) is 24.1. The molecule has 1 aromatic carbocycles. The van der Waals surface area contributed by atoms with E-state index in [2.05, 4.69) is 5.32 Å². The standard InChI is InChI=1S/C25H35N3O4S/c1-3-12-25(23(30)28(24(31)26-25)17-20-5-4-15-32-20)19-10-13-27(14-11-19)22(29)16-18-6-8-21(33-2)9-7-18/h6-9,19-20H,3-5,10-17H2,1-2H3,(H,26,31). The maximum atomic E-state index is 13.5. The Kier molecular flexibility index (Phi) is 7.64. The lowest BCUT2D eigenvalue weighted by Gasteiger charge is -2.41. The van der Waals surface area contributed by atoms with Gasteiger partial charge in [-0.1, -0.05) is 25.5 Å². The number of carbonyl (C=O) groups is 3. The molecule has 4 rings (SSSR count). The number of imide groups is 1. The lowest BCUT2D eigenvalue weighted by atomic mass is 9.74. The molecule has 3 saturated heterocycles. The summed E-state index contributed by atoms with van der Waals surface area (Å²) in [6.07, 6.45) is 7.11. The van der Waals surface area contributed by atoms with E-state index in [-0.39, 0.29) is 29.9 Å². The summed E-state index contributed by atoms with van der Waals surface area (Å²) < 4.78 is 5.67. The van der Waals surface area contributed by atoms with Crippen molar-refractivity contribution in [3.05, 3.63) is 29.8 Å². The Labute approximate surface area is 200 Å². The summed E-state index contributed by atoms with van der Waals surface area (Å²) in [5.41, 5.74) is 0.165. The molecule has 180 valence electrons. The molecule has 1 aromatic rings. The Morgan fingerprint density at radius 1 is 1.18 bits per heavy atom. The van der Waals surface area contributed by atoms with E-state index in [1.54, 1.807) is 11.8 Å². The number of ether oxygens (including phenoxy) is 1. The van der Waals surface area contributed by atoms with Gasteiger partial charge in [-0.3, -0.25) is 14.5 Å². The van der Waals surface area contributed by atoms with Crippen LogP contribution in [0, 0.1) is 5.92 Å². The highest BCUT2D eigenvalue weighted by Crippen LogP contribution is 2.37. The third kappa shape index (κ3) is 5.06. The van der Waals surface area contributed by atoms with Gasteiger partial charge in [-0.05, 0) is 62.0 Å². The van der Waals surface area contributed by atoms with E-state index in [0.717, 1.165) is 37.7 Å². The quantitative estimate of drug-likeness (QED) is 0.462. The first-order chi connectivity index (χ1) is 16.0. The Balaban J connectivity index is 1.38. The van der Waals surface area contributed by atoms with Gasteiger partial charge in [-0.25, -0.2) is 4.79 Å². The number of carbonyl (C=O) groups excluding carboxylic acids is 3. The first-order valence-electron chi connectivity index (χ1n) is 12.1. The highest BCUT2D eigenvalue weighted by Gasteiger charge is 2.55. The number of benzene rings is 1. The van der Waals surface area contributed by atoms with Gasteiger partial charge in [0, 0.05) is 24.6 Å². The van der Waals surface area contributed by atoms with Gasteiger partial charge in [-0.15, -0.1) is 11.8 Å². The van der Waals surface area contributed by atoms with Crippen molar-refractivity contribution >= 4 is 29.6 Å². The van der Waals surface area contributed by atoms with E-state index in [1.807, 2.05) is 42.3 Å². The normalized spacial score (nSPS) is 26.2. The maximum Gasteiger partial charge on any atom is 0.325 e. The van der Waals surface area contributed by atoms with Crippen molar-refractivity contribution < 1.29 is 19.1 Å². The van der Waals surface area contributed by atoms with Gasteiger partial charge in [0.1, 0.15) is 5.54 Å². The lowest BCUT2D eigenvalue weighted by Crippen LogP contribution is -2.56. The van der Waals surface area contributed by atoms with Crippen LogP contribution in [0.2, 0.25) is 0 Å². The van der Waals surface area contributed by atoms with Gasteiger partial charge < -0.3 is 15.0 Å². The molecule has 3 heterocycles. The molecule has 3 aliphatic rings. The van der Waals surface area contributed by atoms with Crippen LogP contribution < -0.4 is 5.32 Å².